The average Bonchev–Trinajstić information content (AvgIpc) is 3.14. The summed E-state index contributed by atoms with van der Waals surface area (Å²) in [4.78, 5) is 12.1. The van der Waals surface area contributed by atoms with Gasteiger partial charge in [0.25, 0.3) is 0 Å². The number of aliphatic imine (C=N–C) groups is 1. The lowest BCUT2D eigenvalue weighted by molar-refractivity contribution is 0.151. The Hall–Kier alpha value is -2.04. The maximum Gasteiger partial charge on any atom is 0.194 e. The Kier molecular flexibility index (Phi) is 3.94. The molecule has 1 aromatic carbocycles. The zero-order chi connectivity index (χ0) is 16.6. The molecule has 1 saturated carbocycles. The number of imidazole rings is 1. The third-order valence-electron chi connectivity index (χ3n) is 5.74. The second-order valence-corrected chi connectivity index (χ2v) is 7.27. The van der Waals surface area contributed by atoms with Crippen molar-refractivity contribution in [2.45, 2.75) is 39.2 Å². The van der Waals surface area contributed by atoms with Crippen molar-refractivity contribution in [2.24, 2.45) is 17.5 Å². The second-order valence-electron chi connectivity index (χ2n) is 7.27. The van der Waals surface area contributed by atoms with Crippen LogP contribution < -0.4 is 5.32 Å². The molecule has 0 radical (unpaired) electrons. The van der Waals surface area contributed by atoms with Crippen LogP contribution in [0.1, 0.15) is 38.4 Å². The first-order chi connectivity index (χ1) is 11.7. The smallest absolute Gasteiger partial charge is 0.194 e. The normalized spacial score (nSPS) is 19.9. The molecule has 1 saturated heterocycles. The molecule has 128 valence electrons. The van der Waals surface area contributed by atoms with E-state index in [1.54, 1.807) is 0 Å². The summed E-state index contributed by atoms with van der Waals surface area (Å²) >= 11 is 0. The molecule has 2 aromatic rings. The zero-order valence-electron chi connectivity index (χ0n) is 14.8. The minimum absolute atomic E-state index is 0.591. The van der Waals surface area contributed by atoms with Crippen LogP contribution in [0.2, 0.25) is 0 Å². The van der Waals surface area contributed by atoms with Crippen molar-refractivity contribution in [3.05, 3.63) is 30.1 Å². The average molecular weight is 325 g/mol. The van der Waals surface area contributed by atoms with E-state index >= 15 is 0 Å². The van der Waals surface area contributed by atoms with Gasteiger partial charge in [0.15, 0.2) is 5.96 Å². The molecular formula is C19H27N5. The number of guanidine groups is 1. The number of nitrogens with zero attached hydrogens (tertiary/aromatic N) is 4. The minimum Gasteiger partial charge on any atom is -0.357 e. The van der Waals surface area contributed by atoms with E-state index in [1.807, 2.05) is 6.07 Å². The summed E-state index contributed by atoms with van der Waals surface area (Å²) in [7, 11) is 2.08. The van der Waals surface area contributed by atoms with Gasteiger partial charge >= 0.3 is 0 Å². The molecule has 2 fully saturated rings. The Morgan fingerprint density at radius 1 is 1.29 bits per heavy atom. The number of hydrogen-bond acceptors (Lipinski definition) is 2. The molecule has 2 aliphatic rings. The van der Waals surface area contributed by atoms with Gasteiger partial charge in [-0.05, 0) is 43.7 Å². The van der Waals surface area contributed by atoms with Gasteiger partial charge in [0.1, 0.15) is 12.4 Å². The standard InChI is InChI=1S/C19H27N5/c1-3-20-18(24-12-11-19(14-24)9-6-10-19)21-13-17-22-15-7-4-5-8-16(15)23(17)2/h4-5,7-8H,3,6,9-14H2,1-2H3,(H,20,21). The van der Waals surface area contributed by atoms with Crippen molar-refractivity contribution in [1.29, 1.82) is 0 Å². The number of rotatable bonds is 3. The third kappa shape index (κ3) is 2.66. The van der Waals surface area contributed by atoms with E-state index in [1.165, 1.54) is 37.7 Å². The van der Waals surface area contributed by atoms with Crippen LogP contribution in [0, 0.1) is 5.41 Å². The predicted molar refractivity (Wildman–Crippen MR) is 98.0 cm³/mol. The molecule has 1 aliphatic heterocycles. The molecule has 0 unspecified atom stereocenters. The number of nitrogens with one attached hydrogen (secondary N) is 1. The molecule has 2 heterocycles. The molecule has 0 amide bonds. The molecule has 4 rings (SSSR count). The highest BCUT2D eigenvalue weighted by Crippen LogP contribution is 2.47. The summed E-state index contributed by atoms with van der Waals surface area (Å²) in [6.45, 7) is 5.97. The summed E-state index contributed by atoms with van der Waals surface area (Å²) in [6, 6.07) is 8.27. The molecule has 1 aliphatic carbocycles. The monoisotopic (exact) mass is 325 g/mol. The fraction of sp³-hybridized carbons (Fsp3) is 0.579. The van der Waals surface area contributed by atoms with Gasteiger partial charge in [0, 0.05) is 26.7 Å². The Bertz CT molecular complexity index is 756. The van der Waals surface area contributed by atoms with E-state index < -0.39 is 0 Å². The van der Waals surface area contributed by atoms with Crippen LogP contribution in [0.4, 0.5) is 0 Å². The van der Waals surface area contributed by atoms with Crippen molar-refractivity contribution in [2.75, 3.05) is 19.6 Å². The second kappa shape index (κ2) is 6.11. The van der Waals surface area contributed by atoms with E-state index in [4.69, 9.17) is 9.98 Å². The molecular weight excluding hydrogens is 298 g/mol. The SMILES string of the molecule is CCNC(=NCc1nc2ccccc2n1C)N1CCC2(CCC2)C1. The number of para-hydroxylation sites is 2. The maximum atomic E-state index is 4.89. The first-order valence-corrected chi connectivity index (χ1v) is 9.14. The highest BCUT2D eigenvalue weighted by molar-refractivity contribution is 5.80. The summed E-state index contributed by atoms with van der Waals surface area (Å²) in [5.41, 5.74) is 2.81. The van der Waals surface area contributed by atoms with Gasteiger partial charge in [-0.1, -0.05) is 18.6 Å². The Morgan fingerprint density at radius 3 is 2.79 bits per heavy atom. The van der Waals surface area contributed by atoms with Crippen LogP contribution in [0.25, 0.3) is 11.0 Å². The Balaban J connectivity index is 1.53. The molecule has 1 N–H and O–H groups in total. The van der Waals surface area contributed by atoms with Gasteiger partial charge in [-0.2, -0.15) is 0 Å². The molecule has 24 heavy (non-hydrogen) atoms. The fourth-order valence-corrected chi connectivity index (χ4v) is 4.11. The van der Waals surface area contributed by atoms with Gasteiger partial charge < -0.3 is 14.8 Å². The molecule has 0 atom stereocenters. The lowest BCUT2D eigenvalue weighted by Crippen LogP contribution is -2.42. The number of fused-ring (bicyclic) bond motifs is 1. The summed E-state index contributed by atoms with van der Waals surface area (Å²) in [5.74, 6) is 2.07. The number of aryl methyl sites for hydroxylation is 1. The van der Waals surface area contributed by atoms with Crippen LogP contribution in [-0.2, 0) is 13.6 Å². The summed E-state index contributed by atoms with van der Waals surface area (Å²) in [6.07, 6.45) is 5.52. The van der Waals surface area contributed by atoms with Crippen LogP contribution in [0.3, 0.4) is 0 Å². The van der Waals surface area contributed by atoms with Crippen molar-refractivity contribution in [1.82, 2.24) is 19.8 Å². The molecule has 0 bridgehead atoms. The van der Waals surface area contributed by atoms with E-state index in [0.29, 0.717) is 12.0 Å². The Labute approximate surface area is 143 Å². The first-order valence-electron chi connectivity index (χ1n) is 9.14. The number of likely N-dealkylation sites (tertiary alicyclic amines) is 1. The van der Waals surface area contributed by atoms with Crippen molar-refractivity contribution >= 4 is 17.0 Å². The molecule has 1 spiro atoms. The van der Waals surface area contributed by atoms with Gasteiger partial charge in [0.2, 0.25) is 0 Å². The van der Waals surface area contributed by atoms with E-state index in [-0.39, 0.29) is 0 Å². The van der Waals surface area contributed by atoms with Crippen LogP contribution in [-0.4, -0.2) is 40.0 Å². The highest BCUT2D eigenvalue weighted by atomic mass is 15.3. The quantitative estimate of drug-likeness (QED) is 0.697. The van der Waals surface area contributed by atoms with Crippen LogP contribution in [0.5, 0.6) is 0 Å². The van der Waals surface area contributed by atoms with Crippen molar-refractivity contribution in [3.63, 3.8) is 0 Å². The molecule has 5 heteroatoms. The lowest BCUT2D eigenvalue weighted by atomic mass is 9.68. The molecule has 1 aromatic heterocycles. The largest absolute Gasteiger partial charge is 0.357 e. The topological polar surface area (TPSA) is 45.5 Å². The van der Waals surface area contributed by atoms with Gasteiger partial charge in [-0.15, -0.1) is 0 Å². The maximum absolute atomic E-state index is 4.89. The summed E-state index contributed by atoms with van der Waals surface area (Å²) in [5, 5.41) is 3.47. The summed E-state index contributed by atoms with van der Waals surface area (Å²) < 4.78 is 2.15. The van der Waals surface area contributed by atoms with Crippen LogP contribution >= 0.6 is 0 Å². The Morgan fingerprint density at radius 2 is 2.12 bits per heavy atom. The van der Waals surface area contributed by atoms with Gasteiger partial charge in [0.05, 0.1) is 11.0 Å². The van der Waals surface area contributed by atoms with Crippen molar-refractivity contribution < 1.29 is 0 Å². The van der Waals surface area contributed by atoms with Crippen LogP contribution in [0.15, 0.2) is 29.3 Å². The lowest BCUT2D eigenvalue weighted by Gasteiger charge is -2.38. The van der Waals surface area contributed by atoms with Crippen molar-refractivity contribution in [3.8, 4) is 0 Å². The predicted octanol–water partition coefficient (Wildman–Crippen LogP) is 2.91. The number of hydrogen-bond donors (Lipinski definition) is 1. The van der Waals surface area contributed by atoms with E-state index in [9.17, 15) is 0 Å². The number of benzene rings is 1. The third-order valence-corrected chi connectivity index (χ3v) is 5.74. The fourth-order valence-electron chi connectivity index (χ4n) is 4.11. The zero-order valence-corrected chi connectivity index (χ0v) is 14.8. The van der Waals surface area contributed by atoms with Gasteiger partial charge in [-0.3, -0.25) is 0 Å². The minimum atomic E-state index is 0.591. The first kappa shape index (κ1) is 15.5. The van der Waals surface area contributed by atoms with Gasteiger partial charge in [-0.25, -0.2) is 9.98 Å². The number of aromatic nitrogens is 2. The van der Waals surface area contributed by atoms with E-state index in [2.05, 4.69) is 47.0 Å². The highest BCUT2D eigenvalue weighted by Gasteiger charge is 2.43. The molecule has 5 nitrogen and oxygen atoms in total. The van der Waals surface area contributed by atoms with E-state index in [0.717, 1.165) is 30.4 Å².